The van der Waals surface area contributed by atoms with E-state index in [0.717, 1.165) is 16.0 Å². The standard InChI is InChI=1S/C34H45N5O7/c1-21-14-15-22(2)24(18-21)28(29(41)37-26(31(43)45-33(3,4)5)19-23-12-10-9-11-13-23)39(17-16-35)30(42)25(20-27(36)40)38-32(44)46-34(6,7)8/h9-15,18,25-26,28H,17,19-20H2,1-8H3,(H2,36,40)(H,37,41)(H,38,44). The Labute approximate surface area is 270 Å². The predicted molar refractivity (Wildman–Crippen MR) is 171 cm³/mol. The number of ether oxygens (including phenoxy) is 2. The molecule has 12 heteroatoms. The molecule has 0 aliphatic rings. The van der Waals surface area contributed by atoms with Gasteiger partial charge in [0.2, 0.25) is 17.7 Å². The number of nitrogens with two attached hydrogens (primary N) is 1. The summed E-state index contributed by atoms with van der Waals surface area (Å²) in [5, 5.41) is 14.9. The molecule has 248 valence electrons. The van der Waals surface area contributed by atoms with Crippen molar-refractivity contribution in [2.75, 3.05) is 6.54 Å². The first-order valence-electron chi connectivity index (χ1n) is 14.9. The van der Waals surface area contributed by atoms with E-state index in [1.54, 1.807) is 91.8 Å². The molecule has 4 amide bonds. The number of benzene rings is 2. The number of rotatable bonds is 12. The number of carbonyl (C=O) groups is 5. The Morgan fingerprint density at radius 2 is 1.50 bits per heavy atom. The van der Waals surface area contributed by atoms with Crippen LogP contribution in [-0.2, 0) is 35.1 Å². The van der Waals surface area contributed by atoms with Crippen LogP contribution in [0.1, 0.15) is 76.3 Å². The summed E-state index contributed by atoms with van der Waals surface area (Å²) in [4.78, 5) is 67.5. The van der Waals surface area contributed by atoms with Crippen LogP contribution in [0, 0.1) is 25.2 Å². The van der Waals surface area contributed by atoms with Crippen molar-refractivity contribution >= 4 is 29.8 Å². The number of primary amides is 1. The average Bonchev–Trinajstić information content (AvgIpc) is 2.92. The molecule has 12 nitrogen and oxygen atoms in total. The molecular weight excluding hydrogens is 590 g/mol. The average molecular weight is 636 g/mol. The summed E-state index contributed by atoms with van der Waals surface area (Å²) in [6, 6.07) is 12.0. The van der Waals surface area contributed by atoms with Crippen LogP contribution in [-0.4, -0.2) is 64.5 Å². The third-order valence-electron chi connectivity index (χ3n) is 6.50. The van der Waals surface area contributed by atoms with E-state index in [-0.39, 0.29) is 6.42 Å². The van der Waals surface area contributed by atoms with Crippen molar-refractivity contribution in [3.63, 3.8) is 0 Å². The molecule has 0 saturated carbocycles. The molecule has 0 aromatic heterocycles. The summed E-state index contributed by atoms with van der Waals surface area (Å²) in [5.74, 6) is -3.31. The molecule has 0 radical (unpaired) electrons. The van der Waals surface area contributed by atoms with Crippen molar-refractivity contribution in [2.45, 2.75) is 97.6 Å². The van der Waals surface area contributed by atoms with E-state index in [9.17, 15) is 29.2 Å². The number of nitrogens with one attached hydrogen (secondary N) is 2. The lowest BCUT2D eigenvalue weighted by Crippen LogP contribution is -2.55. The number of nitriles is 1. The lowest BCUT2D eigenvalue weighted by Gasteiger charge is -2.34. The van der Waals surface area contributed by atoms with Crippen molar-refractivity contribution in [1.82, 2.24) is 15.5 Å². The maximum Gasteiger partial charge on any atom is 0.408 e. The third kappa shape index (κ3) is 11.9. The van der Waals surface area contributed by atoms with Gasteiger partial charge in [0.1, 0.15) is 35.9 Å². The van der Waals surface area contributed by atoms with Crippen LogP contribution < -0.4 is 16.4 Å². The first-order chi connectivity index (χ1) is 21.3. The molecule has 2 aromatic rings. The maximum absolute atomic E-state index is 14.3. The summed E-state index contributed by atoms with van der Waals surface area (Å²) < 4.78 is 10.9. The van der Waals surface area contributed by atoms with Crippen LogP contribution >= 0.6 is 0 Å². The zero-order chi connectivity index (χ0) is 34.8. The van der Waals surface area contributed by atoms with Crippen molar-refractivity contribution in [3.8, 4) is 6.07 Å². The van der Waals surface area contributed by atoms with E-state index < -0.39 is 72.1 Å². The van der Waals surface area contributed by atoms with Crippen LogP contribution in [0.15, 0.2) is 48.5 Å². The summed E-state index contributed by atoms with van der Waals surface area (Å²) >= 11 is 0. The quantitative estimate of drug-likeness (QED) is 0.234. The lowest BCUT2D eigenvalue weighted by atomic mass is 9.95. The second kappa shape index (κ2) is 15.9. The Bertz CT molecular complexity index is 1450. The normalized spacial score (nSPS) is 13.3. The van der Waals surface area contributed by atoms with Gasteiger partial charge in [-0.25, -0.2) is 9.59 Å². The zero-order valence-electron chi connectivity index (χ0n) is 27.8. The Morgan fingerprint density at radius 1 is 0.891 bits per heavy atom. The van der Waals surface area contributed by atoms with Gasteiger partial charge in [-0.3, -0.25) is 14.4 Å². The fourth-order valence-corrected chi connectivity index (χ4v) is 4.60. The zero-order valence-corrected chi connectivity index (χ0v) is 27.8. The largest absolute Gasteiger partial charge is 0.458 e. The molecule has 2 rings (SSSR count). The summed E-state index contributed by atoms with van der Waals surface area (Å²) in [6.45, 7) is 12.9. The van der Waals surface area contributed by atoms with Crippen molar-refractivity contribution < 1.29 is 33.4 Å². The molecule has 0 aliphatic carbocycles. The molecule has 3 atom stereocenters. The van der Waals surface area contributed by atoms with Gasteiger partial charge in [-0.05, 0) is 72.1 Å². The molecule has 2 aromatic carbocycles. The molecule has 4 N–H and O–H groups in total. The molecule has 0 aliphatic heterocycles. The van der Waals surface area contributed by atoms with Crippen molar-refractivity contribution in [3.05, 3.63) is 70.8 Å². The van der Waals surface area contributed by atoms with Crippen LogP contribution in [0.5, 0.6) is 0 Å². The minimum atomic E-state index is -1.56. The summed E-state index contributed by atoms with van der Waals surface area (Å²) in [5.41, 5.74) is 6.14. The monoisotopic (exact) mass is 635 g/mol. The van der Waals surface area contributed by atoms with Gasteiger partial charge in [0, 0.05) is 6.42 Å². The lowest BCUT2D eigenvalue weighted by molar-refractivity contribution is -0.159. The highest BCUT2D eigenvalue weighted by Crippen LogP contribution is 2.27. The highest BCUT2D eigenvalue weighted by Gasteiger charge is 2.39. The third-order valence-corrected chi connectivity index (χ3v) is 6.50. The van der Waals surface area contributed by atoms with E-state index in [2.05, 4.69) is 10.6 Å². The second-order valence-corrected chi connectivity index (χ2v) is 13.0. The van der Waals surface area contributed by atoms with E-state index in [1.165, 1.54) is 0 Å². The van der Waals surface area contributed by atoms with Gasteiger partial charge < -0.3 is 30.7 Å². The topological polar surface area (TPSA) is 181 Å². The molecule has 3 unspecified atom stereocenters. The number of amides is 4. The number of carbonyl (C=O) groups excluding carboxylic acids is 5. The maximum atomic E-state index is 14.3. The van der Waals surface area contributed by atoms with Gasteiger partial charge in [0.25, 0.3) is 0 Å². The van der Waals surface area contributed by atoms with Crippen LogP contribution in [0.3, 0.4) is 0 Å². The Balaban J connectivity index is 2.65. The molecule has 0 bridgehead atoms. The minimum Gasteiger partial charge on any atom is -0.458 e. The SMILES string of the molecule is Cc1ccc(C)c(C(C(=O)NC(Cc2ccccc2)C(=O)OC(C)(C)C)N(CC#N)C(=O)C(CC(N)=O)NC(=O)OC(C)(C)C)c1. The van der Waals surface area contributed by atoms with Crippen LogP contribution in [0.4, 0.5) is 4.79 Å². The summed E-state index contributed by atoms with van der Waals surface area (Å²) in [7, 11) is 0. The Kier molecular flexibility index (Phi) is 12.9. The Hall–Kier alpha value is -4.92. The fourth-order valence-electron chi connectivity index (χ4n) is 4.60. The van der Waals surface area contributed by atoms with Gasteiger partial charge in [-0.1, -0.05) is 54.1 Å². The first kappa shape index (κ1) is 37.3. The first-order valence-corrected chi connectivity index (χ1v) is 14.9. The Morgan fingerprint density at radius 3 is 2.04 bits per heavy atom. The minimum absolute atomic E-state index is 0.0811. The number of alkyl carbamates (subject to hydrolysis) is 1. The van der Waals surface area contributed by atoms with Gasteiger partial charge in [0.15, 0.2) is 0 Å². The molecule has 0 saturated heterocycles. The molecule has 46 heavy (non-hydrogen) atoms. The van der Waals surface area contributed by atoms with Crippen molar-refractivity contribution in [1.29, 1.82) is 5.26 Å². The molecule has 0 heterocycles. The van der Waals surface area contributed by atoms with E-state index in [1.807, 2.05) is 18.2 Å². The molecular formula is C34H45N5O7. The fraction of sp³-hybridized carbons (Fsp3) is 0.471. The highest BCUT2D eigenvalue weighted by molar-refractivity contribution is 5.96. The number of hydrogen-bond donors (Lipinski definition) is 3. The highest BCUT2D eigenvalue weighted by atomic mass is 16.6. The van der Waals surface area contributed by atoms with Crippen molar-refractivity contribution in [2.24, 2.45) is 5.73 Å². The predicted octanol–water partition coefficient (Wildman–Crippen LogP) is 3.53. The summed E-state index contributed by atoms with van der Waals surface area (Å²) in [6.07, 6.45) is -1.54. The van der Waals surface area contributed by atoms with E-state index in [4.69, 9.17) is 15.2 Å². The van der Waals surface area contributed by atoms with Gasteiger partial charge in [0.05, 0.1) is 12.5 Å². The van der Waals surface area contributed by atoms with Gasteiger partial charge >= 0.3 is 12.1 Å². The smallest absolute Gasteiger partial charge is 0.408 e. The van der Waals surface area contributed by atoms with Crippen LogP contribution in [0.25, 0.3) is 0 Å². The number of hydrogen-bond acceptors (Lipinski definition) is 8. The molecule has 0 spiro atoms. The van der Waals surface area contributed by atoms with Gasteiger partial charge in [-0.15, -0.1) is 0 Å². The van der Waals surface area contributed by atoms with Gasteiger partial charge in [-0.2, -0.15) is 5.26 Å². The number of nitrogens with zero attached hydrogens (tertiary/aromatic N) is 2. The van der Waals surface area contributed by atoms with E-state index in [0.29, 0.717) is 11.1 Å². The number of aryl methyl sites for hydroxylation is 2. The molecule has 0 fully saturated rings. The van der Waals surface area contributed by atoms with E-state index >= 15 is 0 Å². The number of esters is 1. The second-order valence-electron chi connectivity index (χ2n) is 13.0. The van der Waals surface area contributed by atoms with Crippen LogP contribution in [0.2, 0.25) is 0 Å².